The Morgan fingerprint density at radius 1 is 1.15 bits per heavy atom. The van der Waals surface area contributed by atoms with Gasteiger partial charge in [0.05, 0.1) is 7.11 Å². The molecule has 0 aliphatic carbocycles. The van der Waals surface area contributed by atoms with Crippen LogP contribution in [0, 0.1) is 0 Å². The van der Waals surface area contributed by atoms with Gasteiger partial charge >= 0.3 is 0 Å². The number of nitrogens with one attached hydrogen (secondary N) is 1. The molecule has 0 radical (unpaired) electrons. The van der Waals surface area contributed by atoms with Crippen LogP contribution in [-0.2, 0) is 19.4 Å². The van der Waals surface area contributed by atoms with Crippen LogP contribution in [0.3, 0.4) is 0 Å². The van der Waals surface area contributed by atoms with Crippen molar-refractivity contribution in [2.75, 3.05) is 14.2 Å². The van der Waals surface area contributed by atoms with Gasteiger partial charge in [-0.1, -0.05) is 19.1 Å². The molecule has 2 aromatic rings. The highest BCUT2D eigenvalue weighted by Crippen LogP contribution is 2.20. The molecule has 0 saturated carbocycles. The second kappa shape index (κ2) is 7.06. The van der Waals surface area contributed by atoms with E-state index < -0.39 is 0 Å². The summed E-state index contributed by atoms with van der Waals surface area (Å²) in [6, 6.07) is 10.5. The van der Waals surface area contributed by atoms with Crippen LogP contribution in [0.2, 0.25) is 0 Å². The van der Waals surface area contributed by atoms with Gasteiger partial charge in [-0.05, 0) is 48.4 Å². The molecule has 3 nitrogen and oxygen atoms in total. The van der Waals surface area contributed by atoms with Gasteiger partial charge in [0.1, 0.15) is 5.75 Å². The molecule has 1 N–H and O–H groups in total. The SMILES string of the molecule is CCc1ccc(Cc2ccc(OC)cc2CNC)nc1. The lowest BCUT2D eigenvalue weighted by Gasteiger charge is -2.11. The van der Waals surface area contributed by atoms with E-state index >= 15 is 0 Å². The summed E-state index contributed by atoms with van der Waals surface area (Å²) < 4.78 is 5.29. The van der Waals surface area contributed by atoms with Gasteiger partial charge in [0, 0.05) is 24.9 Å². The highest BCUT2D eigenvalue weighted by atomic mass is 16.5. The summed E-state index contributed by atoms with van der Waals surface area (Å²) in [7, 11) is 3.65. The third kappa shape index (κ3) is 3.58. The molecular formula is C17H22N2O. The summed E-state index contributed by atoms with van der Waals surface area (Å²) in [6.07, 6.45) is 3.85. The Labute approximate surface area is 121 Å². The molecule has 1 heterocycles. The van der Waals surface area contributed by atoms with E-state index in [0.29, 0.717) is 0 Å². The molecule has 0 amide bonds. The summed E-state index contributed by atoms with van der Waals surface area (Å²) >= 11 is 0. The molecule has 0 unspecified atom stereocenters. The number of methoxy groups -OCH3 is 1. The van der Waals surface area contributed by atoms with Gasteiger partial charge in [0.25, 0.3) is 0 Å². The Morgan fingerprint density at radius 2 is 2.00 bits per heavy atom. The van der Waals surface area contributed by atoms with E-state index in [0.717, 1.165) is 30.8 Å². The fourth-order valence-corrected chi connectivity index (χ4v) is 2.22. The van der Waals surface area contributed by atoms with Crippen LogP contribution >= 0.6 is 0 Å². The maximum Gasteiger partial charge on any atom is 0.119 e. The highest BCUT2D eigenvalue weighted by Gasteiger charge is 2.06. The van der Waals surface area contributed by atoms with Gasteiger partial charge in [0.2, 0.25) is 0 Å². The first-order valence-electron chi connectivity index (χ1n) is 7.01. The van der Waals surface area contributed by atoms with E-state index in [1.807, 2.05) is 19.3 Å². The largest absolute Gasteiger partial charge is 0.497 e. The molecule has 1 aromatic heterocycles. The van der Waals surface area contributed by atoms with Crippen molar-refractivity contribution in [2.24, 2.45) is 0 Å². The van der Waals surface area contributed by atoms with Crippen molar-refractivity contribution in [1.82, 2.24) is 10.3 Å². The van der Waals surface area contributed by atoms with Gasteiger partial charge in [0.15, 0.2) is 0 Å². The zero-order valence-corrected chi connectivity index (χ0v) is 12.4. The lowest BCUT2D eigenvalue weighted by Crippen LogP contribution is -2.08. The maximum atomic E-state index is 5.29. The number of rotatable bonds is 6. The summed E-state index contributed by atoms with van der Waals surface area (Å²) in [5, 5.41) is 3.20. The molecule has 0 bridgehead atoms. The number of benzene rings is 1. The minimum absolute atomic E-state index is 0.833. The fraction of sp³-hybridized carbons (Fsp3) is 0.353. The Morgan fingerprint density at radius 3 is 2.60 bits per heavy atom. The molecule has 20 heavy (non-hydrogen) atoms. The van der Waals surface area contributed by atoms with Crippen molar-refractivity contribution in [3.05, 3.63) is 58.9 Å². The Balaban J connectivity index is 2.22. The molecule has 106 valence electrons. The fourth-order valence-electron chi connectivity index (χ4n) is 2.22. The van der Waals surface area contributed by atoms with E-state index in [9.17, 15) is 0 Å². The minimum atomic E-state index is 0.833. The first-order valence-corrected chi connectivity index (χ1v) is 7.01. The van der Waals surface area contributed by atoms with Crippen LogP contribution in [0.1, 0.15) is 29.3 Å². The number of hydrogen-bond donors (Lipinski definition) is 1. The molecule has 0 aliphatic heterocycles. The van der Waals surface area contributed by atoms with Gasteiger partial charge in [-0.15, -0.1) is 0 Å². The standard InChI is InChI=1S/C17H22N2O/c1-4-13-5-7-16(19-11-13)9-14-6-8-17(20-3)10-15(14)12-18-2/h5-8,10-11,18H,4,9,12H2,1-3H3. The van der Waals surface area contributed by atoms with Crippen LogP contribution < -0.4 is 10.1 Å². The lowest BCUT2D eigenvalue weighted by atomic mass is 10.0. The van der Waals surface area contributed by atoms with Crippen LogP contribution in [0.15, 0.2) is 36.5 Å². The highest BCUT2D eigenvalue weighted by molar-refractivity contribution is 5.38. The summed E-state index contributed by atoms with van der Waals surface area (Å²) in [4.78, 5) is 4.54. The smallest absolute Gasteiger partial charge is 0.119 e. The molecule has 1 aromatic carbocycles. The number of aromatic nitrogens is 1. The second-order valence-electron chi connectivity index (χ2n) is 4.85. The van der Waals surface area contributed by atoms with Crippen molar-refractivity contribution < 1.29 is 4.74 Å². The van der Waals surface area contributed by atoms with Crippen LogP contribution in [-0.4, -0.2) is 19.1 Å². The number of pyridine rings is 1. The summed E-state index contributed by atoms with van der Waals surface area (Å²) in [5.41, 5.74) is 4.92. The molecular weight excluding hydrogens is 248 g/mol. The zero-order chi connectivity index (χ0) is 14.4. The number of hydrogen-bond acceptors (Lipinski definition) is 3. The Bertz CT molecular complexity index is 549. The topological polar surface area (TPSA) is 34.1 Å². The van der Waals surface area contributed by atoms with Crippen molar-refractivity contribution in [2.45, 2.75) is 26.3 Å². The normalized spacial score (nSPS) is 10.6. The third-order valence-electron chi connectivity index (χ3n) is 3.45. The van der Waals surface area contributed by atoms with Crippen LogP contribution in [0.25, 0.3) is 0 Å². The predicted molar refractivity (Wildman–Crippen MR) is 82.2 cm³/mol. The molecule has 2 rings (SSSR count). The monoisotopic (exact) mass is 270 g/mol. The van der Waals surface area contributed by atoms with Gasteiger partial charge < -0.3 is 10.1 Å². The second-order valence-corrected chi connectivity index (χ2v) is 4.85. The van der Waals surface area contributed by atoms with Crippen molar-refractivity contribution in [3.63, 3.8) is 0 Å². The zero-order valence-electron chi connectivity index (χ0n) is 12.4. The van der Waals surface area contributed by atoms with Crippen LogP contribution in [0.4, 0.5) is 0 Å². The number of aryl methyl sites for hydroxylation is 1. The minimum Gasteiger partial charge on any atom is -0.497 e. The first kappa shape index (κ1) is 14.5. The first-order chi connectivity index (χ1) is 9.76. The van der Waals surface area contributed by atoms with Gasteiger partial charge in [-0.2, -0.15) is 0 Å². The molecule has 0 fully saturated rings. The average Bonchev–Trinajstić information content (AvgIpc) is 2.50. The van der Waals surface area contributed by atoms with Crippen molar-refractivity contribution in [3.8, 4) is 5.75 Å². The average molecular weight is 270 g/mol. The Kier molecular flexibility index (Phi) is 5.13. The molecule has 3 heteroatoms. The number of nitrogens with zero attached hydrogens (tertiary/aromatic N) is 1. The summed E-state index contributed by atoms with van der Waals surface area (Å²) in [6.45, 7) is 2.98. The van der Waals surface area contributed by atoms with Crippen LogP contribution in [0.5, 0.6) is 5.75 Å². The Hall–Kier alpha value is -1.87. The van der Waals surface area contributed by atoms with E-state index in [1.54, 1.807) is 7.11 Å². The van der Waals surface area contributed by atoms with E-state index in [1.165, 1.54) is 16.7 Å². The molecule has 0 spiro atoms. The quantitative estimate of drug-likeness (QED) is 0.876. The molecule has 0 aliphatic rings. The molecule has 0 atom stereocenters. The van der Waals surface area contributed by atoms with E-state index in [2.05, 4.69) is 41.5 Å². The predicted octanol–water partition coefficient (Wildman–Crippen LogP) is 2.96. The van der Waals surface area contributed by atoms with Crippen molar-refractivity contribution in [1.29, 1.82) is 0 Å². The van der Waals surface area contributed by atoms with Crippen molar-refractivity contribution >= 4 is 0 Å². The van der Waals surface area contributed by atoms with Gasteiger partial charge in [-0.3, -0.25) is 4.98 Å². The summed E-state index contributed by atoms with van der Waals surface area (Å²) in [5.74, 6) is 0.897. The lowest BCUT2D eigenvalue weighted by molar-refractivity contribution is 0.414. The van der Waals surface area contributed by atoms with E-state index in [4.69, 9.17) is 4.74 Å². The molecule has 0 saturated heterocycles. The third-order valence-corrected chi connectivity index (χ3v) is 3.45. The van der Waals surface area contributed by atoms with Gasteiger partial charge in [-0.25, -0.2) is 0 Å². The van der Waals surface area contributed by atoms with E-state index in [-0.39, 0.29) is 0 Å². The number of ether oxygens (including phenoxy) is 1. The maximum absolute atomic E-state index is 5.29.